The van der Waals surface area contributed by atoms with Gasteiger partial charge in [-0.25, -0.2) is 0 Å². The Morgan fingerprint density at radius 2 is 2.00 bits per heavy atom. The predicted molar refractivity (Wildman–Crippen MR) is 64.1 cm³/mol. The Hall–Kier alpha value is -1.38. The van der Waals surface area contributed by atoms with Crippen molar-refractivity contribution >= 4 is 29.0 Å². The molecule has 0 N–H and O–H groups in total. The average Bonchev–Trinajstić information content (AvgIpc) is 2.29. The van der Waals surface area contributed by atoms with Crippen molar-refractivity contribution in [2.45, 2.75) is 0 Å². The van der Waals surface area contributed by atoms with Crippen LogP contribution in [0.4, 0.5) is 0 Å². The largest absolute Gasteiger partial charge is 0.288 e. The number of carbonyl (C=O) groups is 1. The number of aromatic nitrogens is 1. The number of carbonyl (C=O) groups excluding carboxylic acids is 1. The Kier molecular flexibility index (Phi) is 3.22. The lowest BCUT2D eigenvalue weighted by Crippen LogP contribution is -2.02. The van der Waals surface area contributed by atoms with Crippen LogP contribution >= 0.6 is 23.2 Å². The van der Waals surface area contributed by atoms with Gasteiger partial charge in [-0.3, -0.25) is 9.78 Å². The minimum absolute atomic E-state index is 0.180. The Balaban J connectivity index is 2.44. The van der Waals surface area contributed by atoms with E-state index in [4.69, 9.17) is 23.2 Å². The van der Waals surface area contributed by atoms with Gasteiger partial charge in [-0.2, -0.15) is 0 Å². The third-order valence-electron chi connectivity index (χ3n) is 2.10. The van der Waals surface area contributed by atoms with Crippen LogP contribution in [0.1, 0.15) is 15.9 Å². The smallest absolute Gasteiger partial charge is 0.196 e. The first kappa shape index (κ1) is 11.1. The molecule has 0 saturated carbocycles. The van der Waals surface area contributed by atoms with Gasteiger partial charge in [-0.1, -0.05) is 35.3 Å². The molecule has 16 heavy (non-hydrogen) atoms. The second-order valence-electron chi connectivity index (χ2n) is 3.19. The predicted octanol–water partition coefficient (Wildman–Crippen LogP) is 3.62. The molecule has 0 aliphatic rings. The van der Waals surface area contributed by atoms with Crippen molar-refractivity contribution in [3.05, 3.63) is 63.9 Å². The molecule has 0 aliphatic heterocycles. The van der Waals surface area contributed by atoms with Crippen LogP contribution in [0.5, 0.6) is 0 Å². The van der Waals surface area contributed by atoms with Crippen molar-refractivity contribution in [2.75, 3.05) is 0 Å². The summed E-state index contributed by atoms with van der Waals surface area (Å²) in [4.78, 5) is 15.9. The Bertz CT molecular complexity index is 540. The van der Waals surface area contributed by atoms with E-state index in [1.165, 1.54) is 12.4 Å². The highest BCUT2D eigenvalue weighted by Crippen LogP contribution is 2.19. The topological polar surface area (TPSA) is 30.0 Å². The van der Waals surface area contributed by atoms with Gasteiger partial charge < -0.3 is 0 Å². The maximum atomic E-state index is 12.0. The Morgan fingerprint density at radius 3 is 2.69 bits per heavy atom. The third-order valence-corrected chi connectivity index (χ3v) is 2.66. The average molecular weight is 252 g/mol. The van der Waals surface area contributed by atoms with Crippen molar-refractivity contribution in [1.29, 1.82) is 0 Å². The standard InChI is InChI=1S/C12H7Cl2NO/c13-9-3-1-2-8(6-9)12(16)10-7-15-5-4-11(10)14/h1-7H. The first-order valence-electron chi connectivity index (χ1n) is 4.58. The number of benzene rings is 1. The molecule has 2 aromatic rings. The summed E-state index contributed by atoms with van der Waals surface area (Å²) in [6, 6.07) is 8.31. The highest BCUT2D eigenvalue weighted by molar-refractivity contribution is 6.35. The van der Waals surface area contributed by atoms with Gasteiger partial charge in [0.15, 0.2) is 5.78 Å². The molecular formula is C12H7Cl2NO. The van der Waals surface area contributed by atoms with Crippen LogP contribution in [-0.4, -0.2) is 10.8 Å². The van der Waals surface area contributed by atoms with Crippen LogP contribution in [0.2, 0.25) is 10.0 Å². The van der Waals surface area contributed by atoms with Gasteiger partial charge in [0.1, 0.15) is 0 Å². The van der Waals surface area contributed by atoms with Crippen LogP contribution in [0.15, 0.2) is 42.7 Å². The van der Waals surface area contributed by atoms with Crippen molar-refractivity contribution in [3.8, 4) is 0 Å². The van der Waals surface area contributed by atoms with E-state index in [0.717, 1.165) is 0 Å². The summed E-state index contributed by atoms with van der Waals surface area (Å²) >= 11 is 11.7. The lowest BCUT2D eigenvalue weighted by Gasteiger charge is -2.02. The van der Waals surface area contributed by atoms with Gasteiger partial charge >= 0.3 is 0 Å². The Morgan fingerprint density at radius 1 is 1.19 bits per heavy atom. The third kappa shape index (κ3) is 2.23. The fraction of sp³-hybridized carbons (Fsp3) is 0. The fourth-order valence-electron chi connectivity index (χ4n) is 1.33. The van der Waals surface area contributed by atoms with Gasteiger partial charge in [0.05, 0.1) is 10.6 Å². The van der Waals surface area contributed by atoms with Gasteiger partial charge in [0, 0.05) is 23.0 Å². The molecule has 1 aromatic heterocycles. The Labute approximate surface area is 103 Å². The highest BCUT2D eigenvalue weighted by Gasteiger charge is 2.12. The second kappa shape index (κ2) is 4.64. The molecule has 80 valence electrons. The molecule has 2 rings (SSSR count). The molecule has 1 aromatic carbocycles. The van der Waals surface area contributed by atoms with Gasteiger partial charge in [0.2, 0.25) is 0 Å². The van der Waals surface area contributed by atoms with E-state index in [1.807, 2.05) is 0 Å². The molecule has 4 heteroatoms. The maximum absolute atomic E-state index is 12.0. The zero-order valence-corrected chi connectivity index (χ0v) is 9.66. The van der Waals surface area contributed by atoms with E-state index in [-0.39, 0.29) is 5.78 Å². The SMILES string of the molecule is O=C(c1cccc(Cl)c1)c1cnccc1Cl. The number of rotatable bonds is 2. The van der Waals surface area contributed by atoms with Gasteiger partial charge in [-0.15, -0.1) is 0 Å². The number of nitrogens with zero attached hydrogens (tertiary/aromatic N) is 1. The summed E-state index contributed by atoms with van der Waals surface area (Å²) in [7, 11) is 0. The van der Waals surface area contributed by atoms with E-state index in [1.54, 1.807) is 30.3 Å². The first-order chi connectivity index (χ1) is 7.68. The summed E-state index contributed by atoms with van der Waals surface area (Å²) in [5, 5.41) is 0.908. The maximum Gasteiger partial charge on any atom is 0.196 e. The summed E-state index contributed by atoms with van der Waals surface area (Å²) in [5.74, 6) is -0.180. The van der Waals surface area contributed by atoms with Crippen LogP contribution < -0.4 is 0 Å². The molecule has 0 spiro atoms. The summed E-state index contributed by atoms with van der Waals surface area (Å²) < 4.78 is 0. The quantitative estimate of drug-likeness (QED) is 0.764. The van der Waals surface area contributed by atoms with Crippen LogP contribution in [0, 0.1) is 0 Å². The van der Waals surface area contributed by atoms with Crippen LogP contribution in [-0.2, 0) is 0 Å². The van der Waals surface area contributed by atoms with Crippen molar-refractivity contribution in [1.82, 2.24) is 4.98 Å². The van der Waals surface area contributed by atoms with E-state index < -0.39 is 0 Å². The van der Waals surface area contributed by atoms with E-state index in [0.29, 0.717) is 21.2 Å². The number of hydrogen-bond acceptors (Lipinski definition) is 2. The molecule has 0 radical (unpaired) electrons. The first-order valence-corrected chi connectivity index (χ1v) is 5.34. The number of hydrogen-bond donors (Lipinski definition) is 0. The summed E-state index contributed by atoms with van der Waals surface area (Å²) in [6.07, 6.45) is 2.99. The minimum atomic E-state index is -0.180. The second-order valence-corrected chi connectivity index (χ2v) is 4.04. The number of ketones is 1. The molecule has 0 atom stereocenters. The van der Waals surface area contributed by atoms with Crippen molar-refractivity contribution < 1.29 is 4.79 Å². The zero-order chi connectivity index (χ0) is 11.5. The zero-order valence-electron chi connectivity index (χ0n) is 8.15. The molecule has 2 nitrogen and oxygen atoms in total. The molecular weight excluding hydrogens is 245 g/mol. The number of halogens is 2. The summed E-state index contributed by atoms with van der Waals surface area (Å²) in [5.41, 5.74) is 0.883. The molecule has 0 fully saturated rings. The lowest BCUT2D eigenvalue weighted by atomic mass is 10.1. The van der Waals surface area contributed by atoms with Crippen molar-refractivity contribution in [3.63, 3.8) is 0 Å². The molecule has 0 amide bonds. The summed E-state index contributed by atoms with van der Waals surface area (Å²) in [6.45, 7) is 0. The van der Waals surface area contributed by atoms with Crippen molar-refractivity contribution in [2.24, 2.45) is 0 Å². The molecule has 0 unspecified atom stereocenters. The normalized spacial score (nSPS) is 10.1. The molecule has 1 heterocycles. The van der Waals surface area contributed by atoms with Crippen LogP contribution in [0.25, 0.3) is 0 Å². The minimum Gasteiger partial charge on any atom is -0.288 e. The lowest BCUT2D eigenvalue weighted by molar-refractivity contribution is 0.103. The van der Waals surface area contributed by atoms with Gasteiger partial charge in [0.25, 0.3) is 0 Å². The highest BCUT2D eigenvalue weighted by atomic mass is 35.5. The molecule has 0 aliphatic carbocycles. The van der Waals surface area contributed by atoms with Crippen LogP contribution in [0.3, 0.4) is 0 Å². The van der Waals surface area contributed by atoms with Gasteiger partial charge in [-0.05, 0) is 18.2 Å². The van der Waals surface area contributed by atoms with E-state index >= 15 is 0 Å². The molecule has 0 bridgehead atoms. The fourth-order valence-corrected chi connectivity index (χ4v) is 1.71. The van der Waals surface area contributed by atoms with E-state index in [9.17, 15) is 4.79 Å². The van der Waals surface area contributed by atoms with E-state index in [2.05, 4.69) is 4.98 Å². The number of pyridine rings is 1. The molecule has 0 saturated heterocycles. The monoisotopic (exact) mass is 251 g/mol.